The summed E-state index contributed by atoms with van der Waals surface area (Å²) >= 11 is 6.90. The number of rotatable bonds is 8. The molecule has 5 nitrogen and oxygen atoms in total. The molecule has 0 spiro atoms. The van der Waals surface area contributed by atoms with Crippen LogP contribution in [0.5, 0.6) is 11.5 Å². The van der Waals surface area contributed by atoms with E-state index < -0.39 is 16.1 Å². The third-order valence-corrected chi connectivity index (χ3v) is 8.93. The molecule has 3 aromatic rings. The molecular weight excluding hydrogens is 473 g/mol. The minimum absolute atomic E-state index is 0.0830. The van der Waals surface area contributed by atoms with E-state index in [9.17, 15) is 17.6 Å². The number of benzene rings is 2. The van der Waals surface area contributed by atoms with Gasteiger partial charge in [-0.05, 0) is 73.4 Å². The third kappa shape index (κ3) is 5.20. The zero-order valence-electron chi connectivity index (χ0n) is 17.0. The highest BCUT2D eigenvalue weighted by Crippen LogP contribution is 2.33. The molecule has 0 aliphatic carbocycles. The molecule has 2 heterocycles. The Morgan fingerprint density at radius 1 is 1.06 bits per heavy atom. The lowest BCUT2D eigenvalue weighted by molar-refractivity contribution is -0.122. The Kier molecular flexibility index (Phi) is 6.95. The number of ether oxygens (including phenoxy) is 1. The van der Waals surface area contributed by atoms with Crippen LogP contribution in [0.25, 0.3) is 0 Å². The number of hydrogen-bond donors (Lipinski definition) is 0. The molecule has 0 bridgehead atoms. The van der Waals surface area contributed by atoms with Crippen molar-refractivity contribution in [2.24, 2.45) is 0 Å². The maximum atomic E-state index is 13.0. The minimum Gasteiger partial charge on any atom is -0.457 e. The first kappa shape index (κ1) is 22.9. The van der Waals surface area contributed by atoms with Gasteiger partial charge in [0.15, 0.2) is 5.78 Å². The van der Waals surface area contributed by atoms with Crippen LogP contribution in [0, 0.1) is 5.82 Å². The van der Waals surface area contributed by atoms with Crippen LogP contribution in [0.1, 0.15) is 24.8 Å². The van der Waals surface area contributed by atoms with Crippen molar-refractivity contribution in [3.63, 3.8) is 0 Å². The van der Waals surface area contributed by atoms with E-state index in [0.717, 1.165) is 16.9 Å². The van der Waals surface area contributed by atoms with E-state index in [1.54, 1.807) is 30.3 Å². The Balaban J connectivity index is 1.36. The van der Waals surface area contributed by atoms with Gasteiger partial charge in [-0.3, -0.25) is 4.79 Å². The first-order valence-corrected chi connectivity index (χ1v) is 12.8. The van der Waals surface area contributed by atoms with Gasteiger partial charge >= 0.3 is 0 Å². The summed E-state index contributed by atoms with van der Waals surface area (Å²) in [5, 5.41) is 0. The minimum atomic E-state index is -3.73. The van der Waals surface area contributed by atoms with Crippen LogP contribution in [0.15, 0.2) is 64.9 Å². The Bertz CT molecular complexity index is 1190. The number of aryl methyl sites for hydroxylation is 1. The summed E-state index contributed by atoms with van der Waals surface area (Å²) in [5.41, 5.74) is 0.947. The van der Waals surface area contributed by atoms with Crippen molar-refractivity contribution in [2.75, 3.05) is 6.54 Å². The molecule has 1 saturated heterocycles. The predicted octanol–water partition coefficient (Wildman–Crippen LogP) is 5.69. The van der Waals surface area contributed by atoms with E-state index >= 15 is 0 Å². The predicted molar refractivity (Wildman–Crippen MR) is 122 cm³/mol. The zero-order chi connectivity index (χ0) is 22.7. The van der Waals surface area contributed by atoms with E-state index in [1.807, 2.05) is 12.1 Å². The molecule has 0 saturated carbocycles. The van der Waals surface area contributed by atoms with Crippen molar-refractivity contribution in [1.82, 2.24) is 4.31 Å². The van der Waals surface area contributed by atoms with Crippen molar-refractivity contribution >= 4 is 38.7 Å². The van der Waals surface area contributed by atoms with Gasteiger partial charge in [0.2, 0.25) is 0 Å². The standard InChI is InChI=1S/C23H21ClFNO4S2/c24-22-13-14-23(31-22)32(28,29)26-15-1-2-20(26)21(27)12-5-16-3-8-18(9-4-16)30-19-10-6-17(25)7-11-19/h3-4,6-11,13-14,20H,1-2,5,12,15H2/t20-/m0/s1. The maximum absolute atomic E-state index is 13.0. The van der Waals surface area contributed by atoms with Crippen LogP contribution in [-0.2, 0) is 21.2 Å². The molecule has 1 aliphatic rings. The molecule has 0 radical (unpaired) electrons. The number of sulfonamides is 1. The van der Waals surface area contributed by atoms with E-state index in [2.05, 4.69) is 0 Å². The van der Waals surface area contributed by atoms with Crippen LogP contribution in [-0.4, -0.2) is 31.1 Å². The fourth-order valence-corrected chi connectivity index (χ4v) is 6.99. The number of halogens is 2. The highest BCUT2D eigenvalue weighted by atomic mass is 35.5. The zero-order valence-corrected chi connectivity index (χ0v) is 19.4. The second-order valence-corrected chi connectivity index (χ2v) is 11.3. The Labute approximate surface area is 195 Å². The normalized spacial score (nSPS) is 16.9. The molecule has 0 N–H and O–H groups in total. The topological polar surface area (TPSA) is 63.7 Å². The molecule has 1 fully saturated rings. The average Bonchev–Trinajstić information content (AvgIpc) is 3.45. The summed E-state index contributed by atoms with van der Waals surface area (Å²) in [6.07, 6.45) is 1.94. The van der Waals surface area contributed by atoms with Gasteiger partial charge in [0, 0.05) is 13.0 Å². The molecule has 9 heteroatoms. The first-order valence-electron chi connectivity index (χ1n) is 10.2. The lowest BCUT2D eigenvalue weighted by Crippen LogP contribution is -2.40. The van der Waals surface area contributed by atoms with Crippen LogP contribution < -0.4 is 4.74 Å². The number of carbonyl (C=O) groups excluding carboxylic acids is 1. The highest BCUT2D eigenvalue weighted by Gasteiger charge is 2.39. The summed E-state index contributed by atoms with van der Waals surface area (Å²) in [6.45, 7) is 0.337. The second kappa shape index (κ2) is 9.70. The van der Waals surface area contributed by atoms with Gasteiger partial charge in [-0.25, -0.2) is 12.8 Å². The largest absolute Gasteiger partial charge is 0.457 e. The van der Waals surface area contributed by atoms with Gasteiger partial charge in [0.05, 0.1) is 10.4 Å². The van der Waals surface area contributed by atoms with Gasteiger partial charge in [-0.15, -0.1) is 11.3 Å². The molecular formula is C23H21ClFNO4S2. The van der Waals surface area contributed by atoms with Gasteiger partial charge < -0.3 is 4.74 Å². The SMILES string of the molecule is O=C(CCc1ccc(Oc2ccc(F)cc2)cc1)[C@@H]1CCCN1S(=O)(=O)c1ccc(Cl)s1. The molecule has 1 aromatic heterocycles. The number of nitrogens with zero attached hydrogens (tertiary/aromatic N) is 1. The fraction of sp³-hybridized carbons (Fsp3) is 0.261. The van der Waals surface area contributed by atoms with Crippen molar-refractivity contribution in [2.45, 2.75) is 35.9 Å². The molecule has 2 aromatic carbocycles. The smallest absolute Gasteiger partial charge is 0.253 e. The number of Topliss-reactive ketones (excluding diaryl/α,β-unsaturated/α-hetero) is 1. The summed E-state index contributed by atoms with van der Waals surface area (Å²) in [6, 6.07) is 15.5. The van der Waals surface area contributed by atoms with Crippen molar-refractivity contribution in [3.8, 4) is 11.5 Å². The summed E-state index contributed by atoms with van der Waals surface area (Å²) in [4.78, 5) is 12.9. The van der Waals surface area contributed by atoms with Crippen LogP contribution >= 0.6 is 22.9 Å². The average molecular weight is 494 g/mol. The summed E-state index contributed by atoms with van der Waals surface area (Å²) < 4.78 is 46.4. The van der Waals surface area contributed by atoms with Crippen molar-refractivity contribution in [1.29, 1.82) is 0 Å². The maximum Gasteiger partial charge on any atom is 0.253 e. The molecule has 1 aliphatic heterocycles. The molecule has 4 rings (SSSR count). The van der Waals surface area contributed by atoms with Gasteiger partial charge in [-0.2, -0.15) is 4.31 Å². The van der Waals surface area contributed by atoms with E-state index in [-0.39, 0.29) is 22.2 Å². The lowest BCUT2D eigenvalue weighted by Gasteiger charge is -2.22. The van der Waals surface area contributed by atoms with E-state index in [0.29, 0.717) is 41.6 Å². The van der Waals surface area contributed by atoms with Gasteiger partial charge in [-0.1, -0.05) is 23.7 Å². The molecule has 1 atom stereocenters. The van der Waals surface area contributed by atoms with Gasteiger partial charge in [0.1, 0.15) is 21.5 Å². The van der Waals surface area contributed by atoms with E-state index in [1.165, 1.54) is 22.5 Å². The number of ketones is 1. The summed E-state index contributed by atoms with van der Waals surface area (Å²) in [5.74, 6) is 0.726. The highest BCUT2D eigenvalue weighted by molar-refractivity contribution is 7.91. The second-order valence-electron chi connectivity index (χ2n) is 7.50. The number of thiophene rings is 1. The van der Waals surface area contributed by atoms with Crippen molar-refractivity contribution in [3.05, 3.63) is 76.4 Å². The van der Waals surface area contributed by atoms with Gasteiger partial charge in [0.25, 0.3) is 10.0 Å². The lowest BCUT2D eigenvalue weighted by atomic mass is 10.0. The summed E-state index contributed by atoms with van der Waals surface area (Å²) in [7, 11) is -3.73. The Morgan fingerprint density at radius 2 is 1.72 bits per heavy atom. The third-order valence-electron chi connectivity index (χ3n) is 5.32. The molecule has 0 amide bonds. The van der Waals surface area contributed by atoms with Crippen molar-refractivity contribution < 1.29 is 22.3 Å². The number of hydrogen-bond acceptors (Lipinski definition) is 5. The Hall–Kier alpha value is -2.26. The number of carbonyl (C=O) groups is 1. The van der Waals surface area contributed by atoms with Crippen LogP contribution in [0.3, 0.4) is 0 Å². The molecule has 32 heavy (non-hydrogen) atoms. The van der Waals surface area contributed by atoms with Crippen LogP contribution in [0.4, 0.5) is 4.39 Å². The molecule has 168 valence electrons. The first-order chi connectivity index (χ1) is 15.3. The Morgan fingerprint density at radius 3 is 2.34 bits per heavy atom. The quantitative estimate of drug-likeness (QED) is 0.404. The monoisotopic (exact) mass is 493 g/mol. The fourth-order valence-electron chi connectivity index (χ4n) is 3.70. The molecule has 0 unspecified atom stereocenters. The van der Waals surface area contributed by atoms with E-state index in [4.69, 9.17) is 16.3 Å². The van der Waals surface area contributed by atoms with Crippen LogP contribution in [0.2, 0.25) is 4.34 Å².